The number of pyridine rings is 1. The van der Waals surface area contributed by atoms with Crippen molar-refractivity contribution in [2.45, 2.75) is 13.8 Å². The van der Waals surface area contributed by atoms with E-state index in [4.69, 9.17) is 4.74 Å². The van der Waals surface area contributed by atoms with Gasteiger partial charge in [-0.1, -0.05) is 24.3 Å². The highest BCUT2D eigenvalue weighted by Gasteiger charge is 2.10. The van der Waals surface area contributed by atoms with Gasteiger partial charge in [-0.15, -0.1) is 0 Å². The summed E-state index contributed by atoms with van der Waals surface area (Å²) in [6.45, 7) is 3.93. The smallest absolute Gasteiger partial charge is 0.257 e. The van der Waals surface area contributed by atoms with Crippen LogP contribution in [0.3, 0.4) is 0 Å². The Morgan fingerprint density at radius 1 is 1.00 bits per heavy atom. The summed E-state index contributed by atoms with van der Waals surface area (Å²) in [7, 11) is 0. The van der Waals surface area contributed by atoms with E-state index in [0.29, 0.717) is 35.0 Å². The van der Waals surface area contributed by atoms with E-state index in [1.165, 1.54) is 13.1 Å². The molecule has 0 spiro atoms. The van der Waals surface area contributed by atoms with Crippen LogP contribution in [0.1, 0.15) is 34.6 Å². The van der Waals surface area contributed by atoms with Gasteiger partial charge in [-0.2, -0.15) is 0 Å². The molecule has 1 heterocycles. The zero-order valence-electron chi connectivity index (χ0n) is 15.7. The van der Waals surface area contributed by atoms with Crippen LogP contribution >= 0.6 is 0 Å². The SMILES string of the molecule is CCOc1ccccc1NC(=O)c1ccc(Nc2cccc(C(C)=O)c2)nc1. The van der Waals surface area contributed by atoms with Gasteiger partial charge in [-0.3, -0.25) is 9.59 Å². The number of hydrogen-bond donors (Lipinski definition) is 2. The summed E-state index contributed by atoms with van der Waals surface area (Å²) in [6, 6.07) is 17.8. The van der Waals surface area contributed by atoms with Crippen molar-refractivity contribution < 1.29 is 14.3 Å². The summed E-state index contributed by atoms with van der Waals surface area (Å²) in [6.07, 6.45) is 1.50. The third kappa shape index (κ3) is 4.73. The van der Waals surface area contributed by atoms with Gasteiger partial charge in [0.05, 0.1) is 17.9 Å². The molecule has 0 aliphatic rings. The molecule has 142 valence electrons. The van der Waals surface area contributed by atoms with Gasteiger partial charge >= 0.3 is 0 Å². The topological polar surface area (TPSA) is 80.3 Å². The van der Waals surface area contributed by atoms with Crippen LogP contribution in [0, 0.1) is 0 Å². The van der Waals surface area contributed by atoms with Gasteiger partial charge in [-0.05, 0) is 50.2 Å². The van der Waals surface area contributed by atoms with Crippen LogP contribution in [0.5, 0.6) is 5.75 Å². The van der Waals surface area contributed by atoms with E-state index >= 15 is 0 Å². The minimum atomic E-state index is -0.273. The molecule has 0 fully saturated rings. The number of anilines is 3. The van der Waals surface area contributed by atoms with Crippen LogP contribution in [0.4, 0.5) is 17.2 Å². The lowest BCUT2D eigenvalue weighted by Gasteiger charge is -2.11. The van der Waals surface area contributed by atoms with Gasteiger partial charge < -0.3 is 15.4 Å². The number of aromatic nitrogens is 1. The fourth-order valence-electron chi connectivity index (χ4n) is 2.61. The summed E-state index contributed by atoms with van der Waals surface area (Å²) < 4.78 is 5.52. The average molecular weight is 375 g/mol. The van der Waals surface area contributed by atoms with Crippen LogP contribution in [0.2, 0.25) is 0 Å². The number of carbonyl (C=O) groups excluding carboxylic acids is 2. The van der Waals surface area contributed by atoms with Crippen molar-refractivity contribution in [2.24, 2.45) is 0 Å². The van der Waals surface area contributed by atoms with Crippen LogP contribution < -0.4 is 15.4 Å². The molecule has 0 bridgehead atoms. The van der Waals surface area contributed by atoms with E-state index in [1.54, 1.807) is 42.5 Å². The second-order valence-corrected chi connectivity index (χ2v) is 6.08. The summed E-state index contributed by atoms with van der Waals surface area (Å²) in [4.78, 5) is 28.3. The fraction of sp³-hybridized carbons (Fsp3) is 0.136. The largest absolute Gasteiger partial charge is 0.492 e. The molecule has 0 atom stereocenters. The highest BCUT2D eigenvalue weighted by Crippen LogP contribution is 2.24. The molecule has 3 rings (SSSR count). The third-order valence-electron chi connectivity index (χ3n) is 4.00. The molecule has 0 aliphatic carbocycles. The number of carbonyl (C=O) groups is 2. The first-order valence-corrected chi connectivity index (χ1v) is 8.94. The lowest BCUT2D eigenvalue weighted by Crippen LogP contribution is -2.13. The molecular weight excluding hydrogens is 354 g/mol. The Bertz CT molecular complexity index is 984. The van der Waals surface area contributed by atoms with Gasteiger partial charge in [0.1, 0.15) is 11.6 Å². The Labute approximate surface area is 163 Å². The maximum Gasteiger partial charge on any atom is 0.257 e. The molecule has 3 aromatic rings. The van der Waals surface area contributed by atoms with E-state index in [2.05, 4.69) is 15.6 Å². The second-order valence-electron chi connectivity index (χ2n) is 6.08. The quantitative estimate of drug-likeness (QED) is 0.586. The number of hydrogen-bond acceptors (Lipinski definition) is 5. The van der Waals surface area contributed by atoms with Gasteiger partial charge in [0.25, 0.3) is 5.91 Å². The lowest BCUT2D eigenvalue weighted by atomic mass is 10.1. The van der Waals surface area contributed by atoms with Crippen molar-refractivity contribution in [3.8, 4) is 5.75 Å². The fourth-order valence-corrected chi connectivity index (χ4v) is 2.61. The van der Waals surface area contributed by atoms with E-state index in [1.807, 2.05) is 25.1 Å². The molecule has 1 aromatic heterocycles. The number of ketones is 1. The van der Waals surface area contributed by atoms with E-state index in [9.17, 15) is 9.59 Å². The first-order valence-electron chi connectivity index (χ1n) is 8.94. The first-order chi connectivity index (χ1) is 13.6. The average Bonchev–Trinajstić information content (AvgIpc) is 2.70. The zero-order valence-corrected chi connectivity index (χ0v) is 15.7. The lowest BCUT2D eigenvalue weighted by molar-refractivity contribution is 0.101. The molecule has 6 heteroatoms. The van der Waals surface area contributed by atoms with Gasteiger partial charge in [0, 0.05) is 17.4 Å². The molecule has 0 unspecified atom stereocenters. The standard InChI is InChI=1S/C22H21N3O3/c1-3-28-20-10-5-4-9-19(20)25-22(27)17-11-12-21(23-14-17)24-18-8-6-7-16(13-18)15(2)26/h4-14H,3H2,1-2H3,(H,23,24)(H,25,27). The molecule has 1 amide bonds. The van der Waals surface area contributed by atoms with Crippen LogP contribution in [-0.2, 0) is 0 Å². The summed E-state index contributed by atoms with van der Waals surface area (Å²) in [5.74, 6) is 0.919. The number of benzene rings is 2. The predicted molar refractivity (Wildman–Crippen MR) is 110 cm³/mol. The monoisotopic (exact) mass is 375 g/mol. The van der Waals surface area contributed by atoms with Crippen LogP contribution in [0.25, 0.3) is 0 Å². The van der Waals surface area contributed by atoms with Crippen molar-refractivity contribution in [2.75, 3.05) is 17.2 Å². The highest BCUT2D eigenvalue weighted by atomic mass is 16.5. The zero-order chi connectivity index (χ0) is 19.9. The highest BCUT2D eigenvalue weighted by molar-refractivity contribution is 6.05. The molecule has 0 radical (unpaired) electrons. The molecule has 28 heavy (non-hydrogen) atoms. The minimum absolute atomic E-state index is 0.00374. The molecule has 6 nitrogen and oxygen atoms in total. The Balaban J connectivity index is 1.70. The minimum Gasteiger partial charge on any atom is -0.492 e. The Morgan fingerprint density at radius 3 is 2.54 bits per heavy atom. The van der Waals surface area contributed by atoms with E-state index in [0.717, 1.165) is 5.69 Å². The number of Topliss-reactive ketones (excluding diaryl/α,β-unsaturated/α-hetero) is 1. The van der Waals surface area contributed by atoms with Crippen molar-refractivity contribution in [3.05, 3.63) is 78.0 Å². The maximum atomic E-state index is 12.5. The van der Waals surface area contributed by atoms with Crippen molar-refractivity contribution in [1.29, 1.82) is 0 Å². The maximum absolute atomic E-state index is 12.5. The van der Waals surface area contributed by atoms with Gasteiger partial charge in [0.2, 0.25) is 0 Å². The number of nitrogens with one attached hydrogen (secondary N) is 2. The molecule has 2 N–H and O–H groups in total. The second kappa shape index (κ2) is 8.81. The van der Waals surface area contributed by atoms with E-state index < -0.39 is 0 Å². The summed E-state index contributed by atoms with van der Waals surface area (Å²) >= 11 is 0. The van der Waals surface area contributed by atoms with Crippen molar-refractivity contribution in [1.82, 2.24) is 4.98 Å². The summed E-state index contributed by atoms with van der Waals surface area (Å²) in [5.41, 5.74) is 2.41. The number of ether oxygens (including phenoxy) is 1. The Kier molecular flexibility index (Phi) is 6.01. The van der Waals surface area contributed by atoms with E-state index in [-0.39, 0.29) is 11.7 Å². The van der Waals surface area contributed by atoms with Crippen LogP contribution in [0.15, 0.2) is 66.9 Å². The Hall–Kier alpha value is -3.67. The molecule has 0 aliphatic heterocycles. The Morgan fingerprint density at radius 2 is 1.82 bits per heavy atom. The first kappa shape index (κ1) is 19.1. The predicted octanol–water partition coefficient (Wildman–Crippen LogP) is 4.68. The number of rotatable bonds is 7. The van der Waals surface area contributed by atoms with Crippen molar-refractivity contribution >= 4 is 28.9 Å². The van der Waals surface area contributed by atoms with Gasteiger partial charge in [0.15, 0.2) is 5.78 Å². The van der Waals surface area contributed by atoms with Gasteiger partial charge in [-0.25, -0.2) is 4.98 Å². The molecule has 2 aromatic carbocycles. The number of nitrogens with zero attached hydrogens (tertiary/aromatic N) is 1. The number of amides is 1. The normalized spacial score (nSPS) is 10.2. The van der Waals surface area contributed by atoms with Crippen molar-refractivity contribution in [3.63, 3.8) is 0 Å². The van der Waals surface area contributed by atoms with Crippen LogP contribution in [-0.4, -0.2) is 23.3 Å². The number of para-hydroxylation sites is 2. The molecule has 0 saturated carbocycles. The third-order valence-corrected chi connectivity index (χ3v) is 4.00. The summed E-state index contributed by atoms with van der Waals surface area (Å²) in [5, 5.41) is 5.96. The molecule has 0 saturated heterocycles. The molecular formula is C22H21N3O3.